The average molecular weight is 919 g/mol. The Morgan fingerprint density at radius 3 is 2.61 bits per heavy atom. The molecule has 6 bridgehead atoms. The number of aryl methyl sites for hydroxylation is 1. The number of amides is 1. The number of carbonyl (C=O) groups excluding carboxylic acids is 2. The second kappa shape index (κ2) is 16.2. The smallest absolute Gasteiger partial charge is 0.417 e. The van der Waals surface area contributed by atoms with Crippen LogP contribution in [0.5, 0.6) is 11.8 Å². The summed E-state index contributed by atoms with van der Waals surface area (Å²) in [6.07, 6.45) is -7.44. The predicted molar refractivity (Wildman–Crippen MR) is 218 cm³/mol. The van der Waals surface area contributed by atoms with E-state index in [1.807, 2.05) is 16.7 Å². The average Bonchev–Trinajstić information content (AvgIpc) is 3.75. The van der Waals surface area contributed by atoms with Gasteiger partial charge in [-0.05, 0) is 92.6 Å². The van der Waals surface area contributed by atoms with Gasteiger partial charge in [-0.25, -0.2) is 18.4 Å². The number of rotatable bonds is 5. The largest absolute Gasteiger partial charge is 0.461 e. The summed E-state index contributed by atoms with van der Waals surface area (Å²) in [6, 6.07) is 7.22. The first-order valence-electron chi connectivity index (χ1n) is 20.7. The molecule has 3 fully saturated rings. The van der Waals surface area contributed by atoms with Crippen LogP contribution < -0.4 is 19.7 Å². The molecule has 2 aromatic heterocycles. The maximum Gasteiger partial charge on any atom is 0.417 e. The van der Waals surface area contributed by atoms with Gasteiger partial charge in [0.15, 0.2) is 5.82 Å². The van der Waals surface area contributed by atoms with Crippen molar-refractivity contribution in [3.05, 3.63) is 81.8 Å². The molecular weight excluding hydrogens is 880 g/mol. The van der Waals surface area contributed by atoms with Crippen molar-refractivity contribution >= 4 is 51.2 Å². The zero-order valence-corrected chi connectivity index (χ0v) is 34.8. The van der Waals surface area contributed by atoms with E-state index in [0.29, 0.717) is 55.1 Å². The standard InChI is InChI=1S/C44H39ClF8N6O5/c1-41-9-4-11-58(21-41)37-29-19-54-35(34(47)36(29)55-39(56-37)63-22-42-10-5-12-59(42)20-26(46)18-42)28-17-27(14-24-7-2-6-23(32(24)28)8-3-13-62-40(61)57-41)64-38(60)33-30(44(51,52)53)15-25(16-31(33)45)43(48,49)50/h2,6-7,14-17,19,26H,3-5,8-13,18,20-22H2,1H3,(H,57,61)/t26-,41-,42+/m1/s1. The molecule has 11 nitrogen and oxygen atoms in total. The molecule has 1 amide bonds. The van der Waals surface area contributed by atoms with Crippen LogP contribution in [0.25, 0.3) is 32.9 Å². The first-order valence-corrected chi connectivity index (χ1v) is 21.0. The number of alkyl carbamates (subject to hydrolysis) is 1. The molecule has 20 heteroatoms. The summed E-state index contributed by atoms with van der Waals surface area (Å²) in [5.74, 6) is -2.85. The topological polar surface area (TPSA) is 119 Å². The second-order valence-electron chi connectivity index (χ2n) is 17.1. The summed E-state index contributed by atoms with van der Waals surface area (Å²) in [4.78, 5) is 44.6. The lowest BCUT2D eigenvalue weighted by molar-refractivity contribution is -0.143. The molecule has 0 unspecified atom stereocenters. The number of benzene rings is 3. The lowest BCUT2D eigenvalue weighted by atomic mass is 9.91. The molecule has 0 radical (unpaired) electrons. The normalized spacial score (nSPS) is 23.0. The molecule has 1 N–H and O–H groups in total. The molecule has 7 heterocycles. The number of anilines is 1. The Bertz CT molecular complexity index is 2700. The summed E-state index contributed by atoms with van der Waals surface area (Å²) in [6.45, 7) is 3.54. The van der Waals surface area contributed by atoms with Gasteiger partial charge in [-0.2, -0.15) is 36.3 Å². The Morgan fingerprint density at radius 1 is 1.03 bits per heavy atom. The number of pyridine rings is 1. The van der Waals surface area contributed by atoms with E-state index >= 15 is 4.39 Å². The van der Waals surface area contributed by atoms with Crippen molar-refractivity contribution < 1.29 is 58.9 Å². The number of hydrogen-bond donors (Lipinski definition) is 1. The molecule has 0 aliphatic carbocycles. The van der Waals surface area contributed by atoms with Crippen LogP contribution in [0.1, 0.15) is 72.5 Å². The van der Waals surface area contributed by atoms with Crippen LogP contribution in [-0.4, -0.2) is 88.6 Å². The maximum absolute atomic E-state index is 17.6. The molecule has 3 aromatic carbocycles. The van der Waals surface area contributed by atoms with Crippen LogP contribution in [0.3, 0.4) is 0 Å². The third kappa shape index (κ3) is 8.20. The Labute approximate surface area is 365 Å². The third-order valence-electron chi connectivity index (χ3n) is 12.5. The number of aromatic nitrogens is 3. The van der Waals surface area contributed by atoms with E-state index in [-0.39, 0.29) is 85.3 Å². The highest BCUT2D eigenvalue weighted by atomic mass is 35.5. The van der Waals surface area contributed by atoms with E-state index < -0.39 is 74.9 Å². The van der Waals surface area contributed by atoms with Crippen LogP contribution >= 0.6 is 11.6 Å². The fourth-order valence-corrected chi connectivity index (χ4v) is 9.98. The molecule has 338 valence electrons. The number of alkyl halides is 7. The minimum Gasteiger partial charge on any atom is -0.461 e. The number of nitrogens with zero attached hydrogens (tertiary/aromatic N) is 5. The number of fused-ring (bicyclic) bond motifs is 7. The van der Waals surface area contributed by atoms with E-state index in [0.717, 1.165) is 6.42 Å². The van der Waals surface area contributed by atoms with Crippen LogP contribution in [0.2, 0.25) is 5.02 Å². The molecule has 5 aromatic rings. The molecule has 10 rings (SSSR count). The van der Waals surface area contributed by atoms with Crippen molar-refractivity contribution in [3.63, 3.8) is 0 Å². The maximum atomic E-state index is 17.6. The first kappa shape index (κ1) is 43.7. The quantitative estimate of drug-likeness (QED) is 0.104. The Kier molecular flexibility index (Phi) is 11.0. The Morgan fingerprint density at radius 2 is 1.83 bits per heavy atom. The Hall–Kier alpha value is -5.56. The zero-order chi connectivity index (χ0) is 45.3. The van der Waals surface area contributed by atoms with E-state index in [1.165, 1.54) is 18.3 Å². The number of nitrogens with one attached hydrogen (secondary N) is 1. The van der Waals surface area contributed by atoms with Gasteiger partial charge in [0.05, 0.1) is 44.8 Å². The summed E-state index contributed by atoms with van der Waals surface area (Å²) < 4.78 is 133. The van der Waals surface area contributed by atoms with Gasteiger partial charge in [0.25, 0.3) is 0 Å². The number of esters is 1. The molecule has 3 saturated heterocycles. The van der Waals surface area contributed by atoms with Gasteiger partial charge in [0.1, 0.15) is 35.6 Å². The van der Waals surface area contributed by atoms with Gasteiger partial charge in [-0.3, -0.25) is 9.88 Å². The predicted octanol–water partition coefficient (Wildman–Crippen LogP) is 9.88. The van der Waals surface area contributed by atoms with Gasteiger partial charge >= 0.3 is 30.4 Å². The number of ether oxygens (including phenoxy) is 3. The lowest BCUT2D eigenvalue weighted by Crippen LogP contribution is -2.57. The highest BCUT2D eigenvalue weighted by Crippen LogP contribution is 2.44. The molecule has 64 heavy (non-hydrogen) atoms. The van der Waals surface area contributed by atoms with Gasteiger partial charge in [-0.15, -0.1) is 0 Å². The van der Waals surface area contributed by atoms with Crippen LogP contribution in [0.15, 0.2) is 48.7 Å². The van der Waals surface area contributed by atoms with Crippen LogP contribution in [-0.2, 0) is 23.5 Å². The fraction of sp³-hybridized carbons (Fsp3) is 0.432. The van der Waals surface area contributed by atoms with Gasteiger partial charge in [0, 0.05) is 37.8 Å². The summed E-state index contributed by atoms with van der Waals surface area (Å²) in [5.41, 5.74) is -6.35. The van der Waals surface area contributed by atoms with Crippen molar-refractivity contribution in [1.82, 2.24) is 25.2 Å². The van der Waals surface area contributed by atoms with E-state index in [4.69, 9.17) is 30.8 Å². The van der Waals surface area contributed by atoms with Crippen molar-refractivity contribution in [3.8, 4) is 23.0 Å². The molecule has 3 atom stereocenters. The summed E-state index contributed by atoms with van der Waals surface area (Å²) in [5, 5.41) is 2.72. The SMILES string of the molecule is C[C@@]12CCCN(C1)c1nc(OC[C@@]34CCCN3C[C@H](F)C4)nc3c(F)c(ncc13)-c1cc(OC(=O)c3c(Cl)cc(C(F)(F)F)cc3C(F)(F)F)cc3cccc(c13)CCCOC(=O)N2. The first-order chi connectivity index (χ1) is 30.3. The van der Waals surface area contributed by atoms with Gasteiger partial charge < -0.3 is 24.4 Å². The van der Waals surface area contributed by atoms with E-state index in [2.05, 4.69) is 15.3 Å². The van der Waals surface area contributed by atoms with Gasteiger partial charge in [-0.1, -0.05) is 29.8 Å². The molecule has 5 aliphatic heterocycles. The minimum absolute atomic E-state index is 0.00312. The fourth-order valence-electron chi connectivity index (χ4n) is 9.69. The summed E-state index contributed by atoms with van der Waals surface area (Å²) >= 11 is 5.95. The lowest BCUT2D eigenvalue weighted by Gasteiger charge is -2.41. The van der Waals surface area contributed by atoms with Crippen molar-refractivity contribution in [2.45, 2.75) is 81.5 Å². The van der Waals surface area contributed by atoms with E-state index in [9.17, 15) is 40.3 Å². The van der Waals surface area contributed by atoms with Crippen molar-refractivity contribution in [2.24, 2.45) is 0 Å². The molecule has 5 aliphatic rings. The molecular formula is C44H39ClF8N6O5. The number of halogens is 9. The molecule has 0 spiro atoms. The van der Waals surface area contributed by atoms with Gasteiger partial charge in [0.2, 0.25) is 0 Å². The number of piperidine rings is 1. The van der Waals surface area contributed by atoms with Crippen LogP contribution in [0.4, 0.5) is 45.7 Å². The van der Waals surface area contributed by atoms with Crippen LogP contribution in [0, 0.1) is 5.82 Å². The monoisotopic (exact) mass is 918 g/mol. The summed E-state index contributed by atoms with van der Waals surface area (Å²) in [7, 11) is 0. The highest BCUT2D eigenvalue weighted by molar-refractivity contribution is 6.34. The Balaban J connectivity index is 1.20. The third-order valence-corrected chi connectivity index (χ3v) is 12.8. The van der Waals surface area contributed by atoms with Crippen molar-refractivity contribution in [2.75, 3.05) is 44.3 Å². The second-order valence-corrected chi connectivity index (χ2v) is 17.5. The minimum atomic E-state index is -5.45. The number of carbonyl (C=O) groups is 2. The zero-order valence-electron chi connectivity index (χ0n) is 34.1. The highest BCUT2D eigenvalue weighted by Gasteiger charge is 2.50. The molecule has 0 saturated carbocycles. The number of hydrogen-bond acceptors (Lipinski definition) is 10. The van der Waals surface area contributed by atoms with E-state index in [1.54, 1.807) is 18.2 Å². The van der Waals surface area contributed by atoms with Crippen molar-refractivity contribution in [1.29, 1.82) is 0 Å².